The fourth-order valence-corrected chi connectivity index (χ4v) is 0.300. The standard InChI is InChI=1S/C5H14NO.K.H3O4P.H/c1-6(2,3)4-5-7;;1-5(2,3)4;/h7H,4-5H2,1-3H3;;(H3,1,2,3,4);/q2*+1;;-1. The van der Waals surface area contributed by atoms with E-state index < -0.39 is 7.82 Å². The predicted molar refractivity (Wildman–Crippen MR) is 45.4 cm³/mol. The molecule has 0 spiro atoms. The van der Waals surface area contributed by atoms with Gasteiger partial charge >= 0.3 is 59.2 Å². The molecule has 0 aromatic rings. The molecule has 0 rings (SSSR count). The van der Waals surface area contributed by atoms with Gasteiger partial charge in [0.05, 0.1) is 27.7 Å². The molecule has 0 bridgehead atoms. The van der Waals surface area contributed by atoms with E-state index >= 15 is 0 Å². The van der Waals surface area contributed by atoms with E-state index in [4.69, 9.17) is 24.4 Å². The second-order valence-corrected chi connectivity index (χ2v) is 4.28. The van der Waals surface area contributed by atoms with Crippen LogP contribution in [0.15, 0.2) is 0 Å². The van der Waals surface area contributed by atoms with E-state index in [2.05, 4.69) is 21.1 Å². The van der Waals surface area contributed by atoms with Gasteiger partial charge < -0.3 is 25.7 Å². The van der Waals surface area contributed by atoms with Crippen LogP contribution in [-0.2, 0) is 4.57 Å². The van der Waals surface area contributed by atoms with Gasteiger partial charge in [0.2, 0.25) is 0 Å². The third-order valence-corrected chi connectivity index (χ3v) is 0.771. The van der Waals surface area contributed by atoms with Crippen molar-refractivity contribution in [2.75, 3.05) is 34.3 Å². The maximum atomic E-state index is 8.88. The van der Waals surface area contributed by atoms with Crippen LogP contribution >= 0.6 is 7.82 Å². The summed E-state index contributed by atoms with van der Waals surface area (Å²) in [5.74, 6) is 0. The minimum Gasteiger partial charge on any atom is -1.00 e. The monoisotopic (exact) mass is 242 g/mol. The Kier molecular flexibility index (Phi) is 13.8. The summed E-state index contributed by atoms with van der Waals surface area (Å²) in [6.45, 7) is 1.11. The van der Waals surface area contributed by atoms with Gasteiger partial charge in [-0.15, -0.1) is 0 Å². The van der Waals surface area contributed by atoms with Crippen molar-refractivity contribution in [3.05, 3.63) is 0 Å². The molecule has 0 aromatic carbocycles. The van der Waals surface area contributed by atoms with Crippen molar-refractivity contribution in [1.82, 2.24) is 0 Å². The van der Waals surface area contributed by atoms with Gasteiger partial charge in [0.1, 0.15) is 6.54 Å². The quantitative estimate of drug-likeness (QED) is 0.224. The van der Waals surface area contributed by atoms with Crippen molar-refractivity contribution in [1.29, 1.82) is 0 Å². The molecule has 0 aliphatic rings. The number of aliphatic hydroxyl groups excluding tert-OH is 1. The Labute approximate surface area is 122 Å². The van der Waals surface area contributed by atoms with Crippen LogP contribution in [0.5, 0.6) is 0 Å². The molecule has 0 amide bonds. The maximum Gasteiger partial charge on any atom is 1.00 e. The number of quaternary nitrogens is 1. The number of aliphatic hydroxyl groups is 1. The van der Waals surface area contributed by atoms with Gasteiger partial charge in [0, 0.05) is 0 Å². The zero-order chi connectivity index (χ0) is 10.4. The molecule has 0 aliphatic heterocycles. The number of phosphoric acid groups is 1. The fourth-order valence-electron chi connectivity index (χ4n) is 0.300. The molecule has 8 heteroatoms. The summed E-state index contributed by atoms with van der Waals surface area (Å²) in [4.78, 5) is 21.6. The molecule has 6 nitrogen and oxygen atoms in total. The molecule has 0 saturated carbocycles. The molecular weight excluding hydrogens is 224 g/mol. The van der Waals surface area contributed by atoms with Crippen LogP contribution in [0.2, 0.25) is 0 Å². The first-order chi connectivity index (χ1) is 5.06. The maximum absolute atomic E-state index is 8.88. The molecule has 0 atom stereocenters. The summed E-state index contributed by atoms with van der Waals surface area (Å²) in [6, 6.07) is 0. The summed E-state index contributed by atoms with van der Waals surface area (Å²) < 4.78 is 9.73. The Morgan fingerprint density at radius 1 is 1.23 bits per heavy atom. The van der Waals surface area contributed by atoms with Crippen molar-refractivity contribution < 1.29 is 81.6 Å². The molecule has 0 aliphatic carbocycles. The molecule has 0 aromatic heterocycles. The van der Waals surface area contributed by atoms with E-state index in [1.807, 2.05) is 0 Å². The molecule has 0 radical (unpaired) electrons. The van der Waals surface area contributed by atoms with E-state index in [1.165, 1.54) is 0 Å². The minimum atomic E-state index is -4.64. The SMILES string of the molecule is C[N+](C)(C)CCO.O=P(O)(O)O.[H-].[K+]. The molecule has 0 saturated heterocycles. The molecule has 0 unspecified atom stereocenters. The minimum absolute atomic E-state index is 0. The summed E-state index contributed by atoms with van der Waals surface area (Å²) in [5, 5.41) is 8.39. The van der Waals surface area contributed by atoms with Crippen LogP contribution in [0.25, 0.3) is 0 Å². The molecule has 78 valence electrons. The number of hydrogen-bond acceptors (Lipinski definition) is 2. The van der Waals surface area contributed by atoms with E-state index in [0.29, 0.717) is 0 Å². The Morgan fingerprint density at radius 2 is 1.46 bits per heavy atom. The van der Waals surface area contributed by atoms with Gasteiger partial charge in [-0.2, -0.15) is 0 Å². The Morgan fingerprint density at radius 3 is 1.46 bits per heavy atom. The largest absolute Gasteiger partial charge is 1.00 e. The second kappa shape index (κ2) is 8.93. The zero-order valence-electron chi connectivity index (χ0n) is 9.51. The van der Waals surface area contributed by atoms with Crippen LogP contribution in [0.3, 0.4) is 0 Å². The van der Waals surface area contributed by atoms with Gasteiger partial charge in [-0.3, -0.25) is 0 Å². The third-order valence-electron chi connectivity index (χ3n) is 0.771. The smallest absolute Gasteiger partial charge is 1.00 e. The van der Waals surface area contributed by atoms with Crippen molar-refractivity contribution in [2.45, 2.75) is 0 Å². The fraction of sp³-hybridized carbons (Fsp3) is 1.00. The van der Waals surface area contributed by atoms with Gasteiger partial charge in [0.15, 0.2) is 0 Å². The molecular formula is C5H18KNO5P+. The van der Waals surface area contributed by atoms with Crippen LogP contribution in [0.1, 0.15) is 1.43 Å². The van der Waals surface area contributed by atoms with Crippen LogP contribution in [-0.4, -0.2) is 58.6 Å². The third kappa shape index (κ3) is 57.9. The normalized spacial score (nSPS) is 11.0. The Balaban J connectivity index is -0.0000000651. The van der Waals surface area contributed by atoms with Crippen LogP contribution in [0, 0.1) is 0 Å². The van der Waals surface area contributed by atoms with E-state index in [1.54, 1.807) is 0 Å². The first kappa shape index (κ1) is 20.1. The number of nitrogens with zero attached hydrogens (tertiary/aromatic N) is 1. The second-order valence-electron chi connectivity index (χ2n) is 3.25. The predicted octanol–water partition coefficient (Wildman–Crippen LogP) is -4.13. The summed E-state index contributed by atoms with van der Waals surface area (Å²) in [7, 11) is 1.52. The van der Waals surface area contributed by atoms with E-state index in [-0.39, 0.29) is 59.4 Å². The van der Waals surface area contributed by atoms with Crippen molar-refractivity contribution in [3.8, 4) is 0 Å². The van der Waals surface area contributed by atoms with Gasteiger partial charge in [-0.05, 0) is 0 Å². The summed E-state index contributed by atoms with van der Waals surface area (Å²) in [5.41, 5.74) is 0. The number of likely N-dealkylation sites (N-methyl/N-ethyl adjacent to an activating group) is 1. The van der Waals surface area contributed by atoms with Gasteiger partial charge in [-0.25, -0.2) is 4.57 Å². The van der Waals surface area contributed by atoms with Crippen LogP contribution in [0.4, 0.5) is 0 Å². The van der Waals surface area contributed by atoms with Crippen molar-refractivity contribution in [2.24, 2.45) is 0 Å². The van der Waals surface area contributed by atoms with E-state index in [0.717, 1.165) is 11.0 Å². The van der Waals surface area contributed by atoms with Gasteiger partial charge in [-0.1, -0.05) is 0 Å². The van der Waals surface area contributed by atoms with Crippen molar-refractivity contribution in [3.63, 3.8) is 0 Å². The first-order valence-corrected chi connectivity index (χ1v) is 4.82. The van der Waals surface area contributed by atoms with Gasteiger partial charge in [0.25, 0.3) is 0 Å². The molecule has 13 heavy (non-hydrogen) atoms. The average Bonchev–Trinajstić information content (AvgIpc) is 1.54. The van der Waals surface area contributed by atoms with E-state index in [9.17, 15) is 0 Å². The first-order valence-electron chi connectivity index (χ1n) is 3.26. The molecule has 0 fully saturated rings. The molecule has 0 heterocycles. The van der Waals surface area contributed by atoms with Crippen molar-refractivity contribution >= 4 is 7.82 Å². The summed E-state index contributed by atoms with van der Waals surface area (Å²) >= 11 is 0. The Hall–Kier alpha value is 1.67. The molecule has 4 N–H and O–H groups in total. The van der Waals surface area contributed by atoms with Crippen LogP contribution < -0.4 is 51.4 Å². The Bertz CT molecular complexity index is 150. The topological polar surface area (TPSA) is 98.0 Å². The number of rotatable bonds is 2. The average molecular weight is 242 g/mol. The summed E-state index contributed by atoms with van der Waals surface area (Å²) in [6.07, 6.45) is 0. The number of hydrogen-bond donors (Lipinski definition) is 4. The zero-order valence-corrected chi connectivity index (χ0v) is 12.5.